The van der Waals surface area contributed by atoms with E-state index in [1.807, 2.05) is 49.4 Å². The number of nitrogens with zero attached hydrogens (tertiary/aromatic N) is 3. The van der Waals surface area contributed by atoms with Crippen molar-refractivity contribution in [3.8, 4) is 23.8 Å². The molecule has 0 saturated carbocycles. The van der Waals surface area contributed by atoms with Crippen molar-refractivity contribution in [1.29, 1.82) is 0 Å². The van der Waals surface area contributed by atoms with Gasteiger partial charge in [0.2, 0.25) is 11.8 Å². The van der Waals surface area contributed by atoms with E-state index in [4.69, 9.17) is 11.2 Å². The lowest BCUT2D eigenvalue weighted by Gasteiger charge is -2.32. The quantitative estimate of drug-likeness (QED) is 0.672. The maximum Gasteiger partial charge on any atom is 0.243 e. The molecule has 2 aromatic carbocycles. The van der Waals surface area contributed by atoms with Crippen LogP contribution in [0.2, 0.25) is 0 Å². The van der Waals surface area contributed by atoms with Crippen molar-refractivity contribution in [3.05, 3.63) is 65.4 Å². The van der Waals surface area contributed by atoms with Crippen molar-refractivity contribution in [2.24, 2.45) is 0 Å². The van der Waals surface area contributed by atoms with Gasteiger partial charge in [-0.15, -0.1) is 6.42 Å². The second-order valence-corrected chi connectivity index (χ2v) is 7.76. The number of carbonyl (C=O) groups is 2. The van der Waals surface area contributed by atoms with Crippen LogP contribution in [0.3, 0.4) is 0 Å². The fourth-order valence-electron chi connectivity index (χ4n) is 4.57. The molecule has 1 aromatic heterocycles. The molecule has 1 spiro atoms. The molecular formula is C24H20N4O3. The first kappa shape index (κ1) is 18.9. The summed E-state index contributed by atoms with van der Waals surface area (Å²) in [7, 11) is 1.60. The predicted octanol–water partition coefficient (Wildman–Crippen LogP) is 2.80. The van der Waals surface area contributed by atoms with E-state index < -0.39 is 5.41 Å². The van der Waals surface area contributed by atoms with Gasteiger partial charge in [-0.25, -0.2) is 4.68 Å². The fraction of sp³-hybridized carbons (Fsp3) is 0.208. The van der Waals surface area contributed by atoms with Crippen LogP contribution < -0.4 is 15.0 Å². The van der Waals surface area contributed by atoms with Crippen LogP contribution in [0.15, 0.2) is 48.7 Å². The van der Waals surface area contributed by atoms with Gasteiger partial charge in [-0.2, -0.15) is 5.10 Å². The van der Waals surface area contributed by atoms with E-state index in [2.05, 4.69) is 16.3 Å². The summed E-state index contributed by atoms with van der Waals surface area (Å²) < 4.78 is 6.86. The highest BCUT2D eigenvalue weighted by atomic mass is 16.5. The lowest BCUT2D eigenvalue weighted by Crippen LogP contribution is -2.46. The highest BCUT2D eigenvalue weighted by Crippen LogP contribution is 2.52. The molecular weight excluding hydrogens is 392 g/mol. The number of aromatic nitrogens is 2. The van der Waals surface area contributed by atoms with Gasteiger partial charge in [0.1, 0.15) is 17.0 Å². The zero-order valence-electron chi connectivity index (χ0n) is 17.2. The number of amides is 2. The first-order chi connectivity index (χ1) is 15.0. The minimum Gasteiger partial charge on any atom is -0.497 e. The number of rotatable bonds is 3. The number of benzene rings is 2. The number of aryl methyl sites for hydroxylation is 1. The highest BCUT2D eigenvalue weighted by molar-refractivity contribution is 6.16. The monoisotopic (exact) mass is 412 g/mol. The van der Waals surface area contributed by atoms with E-state index in [1.54, 1.807) is 22.9 Å². The molecule has 31 heavy (non-hydrogen) atoms. The maximum atomic E-state index is 13.8. The molecule has 7 nitrogen and oxygen atoms in total. The molecule has 0 aliphatic carbocycles. The Labute approximate surface area is 179 Å². The molecule has 2 aliphatic heterocycles. The summed E-state index contributed by atoms with van der Waals surface area (Å²) in [6.45, 7) is 2.10. The molecule has 1 N–H and O–H groups in total. The van der Waals surface area contributed by atoms with Crippen molar-refractivity contribution in [3.63, 3.8) is 0 Å². The van der Waals surface area contributed by atoms with Crippen LogP contribution >= 0.6 is 0 Å². The molecule has 0 radical (unpaired) electrons. The van der Waals surface area contributed by atoms with Crippen molar-refractivity contribution >= 4 is 23.3 Å². The topological polar surface area (TPSA) is 76.5 Å². The SMILES string of the molecule is C#CCN1C(=O)C2(CC(=O)Nc3c2cnn3-c2ccc(OC)cc2)c2cc(C)ccc21. The van der Waals surface area contributed by atoms with Gasteiger partial charge in [-0.1, -0.05) is 23.6 Å². The van der Waals surface area contributed by atoms with Gasteiger partial charge in [-0.3, -0.25) is 14.5 Å². The average Bonchev–Trinajstić information content (AvgIpc) is 3.28. The number of anilines is 2. The Bertz CT molecular complexity index is 1270. The van der Waals surface area contributed by atoms with Gasteiger partial charge in [0, 0.05) is 17.7 Å². The van der Waals surface area contributed by atoms with Crippen LogP contribution in [-0.2, 0) is 15.0 Å². The molecule has 0 saturated heterocycles. The third kappa shape index (κ3) is 2.58. The van der Waals surface area contributed by atoms with E-state index in [-0.39, 0.29) is 24.8 Å². The Morgan fingerprint density at radius 3 is 2.68 bits per heavy atom. The molecule has 1 atom stereocenters. The van der Waals surface area contributed by atoms with E-state index in [0.717, 1.165) is 22.5 Å². The first-order valence-electron chi connectivity index (χ1n) is 9.89. The highest BCUT2D eigenvalue weighted by Gasteiger charge is 2.57. The fourth-order valence-corrected chi connectivity index (χ4v) is 4.57. The number of carbonyl (C=O) groups excluding carboxylic acids is 2. The first-order valence-corrected chi connectivity index (χ1v) is 9.89. The molecule has 1 unspecified atom stereocenters. The summed E-state index contributed by atoms with van der Waals surface area (Å²) in [5.74, 6) is 3.33. The zero-order valence-corrected chi connectivity index (χ0v) is 17.2. The molecule has 7 heteroatoms. The number of hydrogen-bond donors (Lipinski definition) is 1. The zero-order chi connectivity index (χ0) is 21.8. The molecule has 3 heterocycles. The Balaban J connectivity index is 1.74. The van der Waals surface area contributed by atoms with Crippen LogP contribution in [0.4, 0.5) is 11.5 Å². The molecule has 0 fully saturated rings. The van der Waals surface area contributed by atoms with E-state index in [1.165, 1.54) is 0 Å². The maximum absolute atomic E-state index is 13.8. The molecule has 3 aromatic rings. The average molecular weight is 412 g/mol. The molecule has 2 amide bonds. The third-order valence-corrected chi connectivity index (χ3v) is 5.99. The number of nitrogens with one attached hydrogen (secondary N) is 1. The number of ether oxygens (including phenoxy) is 1. The lowest BCUT2D eigenvalue weighted by atomic mass is 9.71. The summed E-state index contributed by atoms with van der Waals surface area (Å²) in [6.07, 6.45) is 7.23. The van der Waals surface area contributed by atoms with Crippen LogP contribution in [0.1, 0.15) is 23.1 Å². The van der Waals surface area contributed by atoms with Crippen molar-refractivity contribution < 1.29 is 14.3 Å². The Kier molecular flexibility index (Phi) is 4.12. The van der Waals surface area contributed by atoms with Gasteiger partial charge < -0.3 is 10.1 Å². The summed E-state index contributed by atoms with van der Waals surface area (Å²) in [6, 6.07) is 13.1. The van der Waals surface area contributed by atoms with Crippen molar-refractivity contribution in [2.75, 3.05) is 23.9 Å². The molecule has 154 valence electrons. The minimum absolute atomic E-state index is 0.00463. The van der Waals surface area contributed by atoms with Gasteiger partial charge in [-0.05, 0) is 42.8 Å². The normalized spacial score (nSPS) is 19.1. The van der Waals surface area contributed by atoms with Crippen LogP contribution in [0.5, 0.6) is 5.75 Å². The summed E-state index contributed by atoms with van der Waals surface area (Å²) >= 11 is 0. The van der Waals surface area contributed by atoms with Gasteiger partial charge >= 0.3 is 0 Å². The summed E-state index contributed by atoms with van der Waals surface area (Å²) in [4.78, 5) is 28.3. The van der Waals surface area contributed by atoms with Crippen molar-refractivity contribution in [2.45, 2.75) is 18.8 Å². The van der Waals surface area contributed by atoms with E-state index in [9.17, 15) is 9.59 Å². The molecule has 0 bridgehead atoms. The predicted molar refractivity (Wildman–Crippen MR) is 117 cm³/mol. The number of methoxy groups -OCH3 is 1. The van der Waals surface area contributed by atoms with E-state index >= 15 is 0 Å². The largest absolute Gasteiger partial charge is 0.497 e. The third-order valence-electron chi connectivity index (χ3n) is 5.99. The second-order valence-electron chi connectivity index (χ2n) is 7.76. The molecule has 2 aliphatic rings. The van der Waals surface area contributed by atoms with Gasteiger partial charge in [0.25, 0.3) is 0 Å². The summed E-state index contributed by atoms with van der Waals surface area (Å²) in [5.41, 5.74) is 2.79. The Hall–Kier alpha value is -4.05. The Morgan fingerprint density at radius 2 is 1.97 bits per heavy atom. The van der Waals surface area contributed by atoms with Crippen LogP contribution in [-0.4, -0.2) is 35.2 Å². The van der Waals surface area contributed by atoms with Crippen molar-refractivity contribution in [1.82, 2.24) is 9.78 Å². The van der Waals surface area contributed by atoms with Gasteiger partial charge in [0.05, 0.1) is 25.5 Å². The second kappa shape index (κ2) is 6.74. The number of fused-ring (bicyclic) bond motifs is 4. The van der Waals surface area contributed by atoms with Crippen LogP contribution in [0, 0.1) is 19.3 Å². The summed E-state index contributed by atoms with van der Waals surface area (Å²) in [5, 5.41) is 7.45. The minimum atomic E-state index is -1.15. The lowest BCUT2D eigenvalue weighted by molar-refractivity contribution is -0.126. The smallest absolute Gasteiger partial charge is 0.243 e. The number of hydrogen-bond acceptors (Lipinski definition) is 4. The number of terminal acetylenes is 1. The van der Waals surface area contributed by atoms with E-state index in [0.29, 0.717) is 17.1 Å². The Morgan fingerprint density at radius 1 is 1.19 bits per heavy atom. The van der Waals surface area contributed by atoms with Crippen LogP contribution in [0.25, 0.3) is 5.69 Å². The standard InChI is InChI=1S/C24H20N4O3/c1-4-11-27-20-10-5-15(2)12-18(20)24(23(27)30)13-21(29)26-22-19(24)14-25-28(22)16-6-8-17(31-3)9-7-16/h1,5-10,12,14H,11,13H2,2-3H3,(H,26,29). The van der Waals surface area contributed by atoms with Gasteiger partial charge in [0.15, 0.2) is 0 Å². The molecule has 5 rings (SSSR count).